The lowest BCUT2D eigenvalue weighted by Crippen LogP contribution is -2.61. The van der Waals surface area contributed by atoms with Crippen molar-refractivity contribution in [1.82, 2.24) is 4.57 Å². The lowest BCUT2D eigenvalue weighted by atomic mass is 9.33. The van der Waals surface area contributed by atoms with E-state index in [-0.39, 0.29) is 23.0 Å². The van der Waals surface area contributed by atoms with E-state index in [1.807, 2.05) is 0 Å². The van der Waals surface area contributed by atoms with Gasteiger partial charge < -0.3 is 14.4 Å². The first-order chi connectivity index (χ1) is 51.5. The van der Waals surface area contributed by atoms with Crippen LogP contribution in [-0.2, 0) is 16.2 Å². The quantitative estimate of drug-likeness (QED) is 0.105. The molecule has 3 heterocycles. The van der Waals surface area contributed by atoms with E-state index in [2.05, 4.69) is 410 Å². The number of fused-ring (bicyclic) bond motifs is 10. The highest BCUT2D eigenvalue weighted by Gasteiger charge is 2.47. The van der Waals surface area contributed by atoms with Crippen LogP contribution in [0.3, 0.4) is 0 Å². The molecule has 0 unspecified atom stereocenters. The molecule has 17 aromatic rings. The zero-order chi connectivity index (χ0) is 71.9. The Labute approximate surface area is 623 Å². The van der Waals surface area contributed by atoms with Gasteiger partial charge in [0.15, 0.2) is 0 Å². The summed E-state index contributed by atoms with van der Waals surface area (Å²) < 4.78 is 2.51. The van der Waals surface area contributed by atoms with Gasteiger partial charge in [0.25, 0.3) is 6.71 Å². The van der Waals surface area contributed by atoms with Crippen LogP contribution in [0, 0.1) is 0 Å². The summed E-state index contributed by atoms with van der Waals surface area (Å²) in [7, 11) is 0. The van der Waals surface area contributed by atoms with E-state index in [4.69, 9.17) is 0 Å². The number of benzene rings is 16. The van der Waals surface area contributed by atoms with E-state index in [1.165, 1.54) is 126 Å². The van der Waals surface area contributed by atoms with Gasteiger partial charge in [0.2, 0.25) is 0 Å². The molecule has 508 valence electrons. The number of hydrogen-bond donors (Lipinski definition) is 0. The molecule has 2 aliphatic rings. The Morgan fingerprint density at radius 3 is 1.03 bits per heavy atom. The lowest BCUT2D eigenvalue weighted by molar-refractivity contribution is 0.590. The predicted molar refractivity (Wildman–Crippen MR) is 456 cm³/mol. The topological polar surface area (TPSA) is 11.4 Å². The highest BCUT2D eigenvalue weighted by molar-refractivity contribution is 7.00. The number of rotatable bonds is 9. The molecule has 0 radical (unpaired) electrons. The molecule has 16 aromatic carbocycles. The third kappa shape index (κ3) is 10.5. The van der Waals surface area contributed by atoms with Crippen LogP contribution >= 0.6 is 0 Å². The zero-order valence-corrected chi connectivity index (χ0v) is 61.7. The fourth-order valence-electron chi connectivity index (χ4n) is 17.5. The van der Waals surface area contributed by atoms with Crippen LogP contribution in [0.4, 0.5) is 34.1 Å². The second kappa shape index (κ2) is 24.7. The van der Waals surface area contributed by atoms with Crippen molar-refractivity contribution in [2.45, 2.75) is 78.6 Å². The monoisotopic (exact) mass is 1360 g/mol. The highest BCUT2D eigenvalue weighted by atomic mass is 15.2. The molecule has 0 atom stereocenters. The van der Waals surface area contributed by atoms with E-state index >= 15 is 0 Å². The molecule has 3 nitrogen and oxygen atoms in total. The van der Waals surface area contributed by atoms with Gasteiger partial charge >= 0.3 is 0 Å². The van der Waals surface area contributed by atoms with Gasteiger partial charge in [0, 0.05) is 61.5 Å². The molecule has 0 amide bonds. The Kier molecular flexibility index (Phi) is 15.1. The SMILES string of the molecule is CC(C)(C)c1cc(-c2ccccc2)c(N2c3cc(-c4c5ccccc5c(-c5cccc6ccccc56)c5ccccc45)ccc3B3c4ccc(-n5c6ccccc6c6ccccc65)cc4N(c4c(-c5ccccc5)cc(C(C)(C)C)cc4-c4ccccc4)c4cc(C(C)(C)C)cc2c43)c(-c2ccccc2)c1. The summed E-state index contributed by atoms with van der Waals surface area (Å²) in [6.07, 6.45) is 0. The van der Waals surface area contributed by atoms with E-state index in [0.717, 1.165) is 67.6 Å². The van der Waals surface area contributed by atoms with Gasteiger partial charge in [-0.2, -0.15) is 0 Å². The maximum absolute atomic E-state index is 2.75. The number of hydrogen-bond acceptors (Lipinski definition) is 2. The van der Waals surface area contributed by atoms with Crippen LogP contribution in [0.2, 0.25) is 0 Å². The standard InChI is InChI=1S/C102H82BN3/c1-100(2,3)71-58-83(66-33-14-10-15-34-66)98(84(59-71)67-35-16-11-17-36-67)105-91-57-70(95-79-46-24-26-48-81(79)96(82-49-27-25-47-80(82)95)78-50-32-42-65-41-22-23-43-75(65)78)53-55-87(91)103-88-56-54-74(104-89-51-30-28-44-76(89)77-45-29-31-52-90(77)104)64-92(88)106(94-63-73(102(7,8)9)62-93(105)97(94)103)99-85(68-37-18-12-19-38-68)60-72(101(4,5)6)61-86(99)69-39-20-13-21-40-69/h10-64H,1-9H3. The summed E-state index contributed by atoms with van der Waals surface area (Å²) in [6.45, 7) is 21.1. The van der Waals surface area contributed by atoms with E-state index < -0.39 is 0 Å². The molecule has 0 N–H and O–H groups in total. The van der Waals surface area contributed by atoms with Crippen molar-refractivity contribution in [1.29, 1.82) is 0 Å². The Balaban J connectivity index is 0.996. The molecule has 4 heteroatoms. The van der Waals surface area contributed by atoms with Gasteiger partial charge in [-0.3, -0.25) is 0 Å². The first-order valence-corrected chi connectivity index (χ1v) is 37.6. The Hall–Kier alpha value is -12.2. The van der Waals surface area contributed by atoms with E-state index in [0.29, 0.717) is 0 Å². The van der Waals surface area contributed by atoms with Crippen LogP contribution in [0.25, 0.3) is 127 Å². The third-order valence-corrected chi connectivity index (χ3v) is 22.8. The van der Waals surface area contributed by atoms with Gasteiger partial charge in [-0.25, -0.2) is 0 Å². The maximum Gasteiger partial charge on any atom is 0.252 e. The molecule has 2 aliphatic heterocycles. The van der Waals surface area contributed by atoms with Crippen molar-refractivity contribution in [3.05, 3.63) is 350 Å². The molecular formula is C102H82BN3. The van der Waals surface area contributed by atoms with Gasteiger partial charge in [-0.15, -0.1) is 0 Å². The summed E-state index contributed by atoms with van der Waals surface area (Å²) >= 11 is 0. The van der Waals surface area contributed by atoms with Crippen LogP contribution in [0.5, 0.6) is 0 Å². The first kappa shape index (κ1) is 64.6. The average molecular weight is 1360 g/mol. The molecular weight excluding hydrogens is 1280 g/mol. The largest absolute Gasteiger partial charge is 0.310 e. The van der Waals surface area contributed by atoms with Crippen molar-refractivity contribution in [2.75, 3.05) is 9.80 Å². The molecule has 0 aliphatic carbocycles. The Morgan fingerprint density at radius 2 is 0.594 bits per heavy atom. The summed E-state index contributed by atoms with van der Waals surface area (Å²) in [6, 6.07) is 127. The van der Waals surface area contributed by atoms with Crippen molar-refractivity contribution in [3.63, 3.8) is 0 Å². The second-order valence-electron chi connectivity index (χ2n) is 32.3. The fraction of sp³-hybridized carbons (Fsp3) is 0.118. The molecule has 0 saturated carbocycles. The third-order valence-electron chi connectivity index (χ3n) is 22.8. The van der Waals surface area contributed by atoms with Crippen molar-refractivity contribution in [3.8, 4) is 72.4 Å². The number of para-hydroxylation sites is 2. The number of anilines is 6. The number of nitrogens with zero attached hydrogens (tertiary/aromatic N) is 3. The Morgan fingerprint density at radius 1 is 0.245 bits per heavy atom. The fourth-order valence-corrected chi connectivity index (χ4v) is 17.5. The Bertz CT molecular complexity index is 6150. The van der Waals surface area contributed by atoms with E-state index in [1.54, 1.807) is 0 Å². The normalized spacial score (nSPS) is 12.9. The predicted octanol–water partition coefficient (Wildman–Crippen LogP) is 26.2. The van der Waals surface area contributed by atoms with Gasteiger partial charge in [0.05, 0.1) is 22.4 Å². The minimum atomic E-state index is -0.337. The summed E-state index contributed by atoms with van der Waals surface area (Å²) in [5.41, 5.74) is 31.3. The number of aromatic nitrogens is 1. The molecule has 0 spiro atoms. The van der Waals surface area contributed by atoms with Crippen molar-refractivity contribution < 1.29 is 0 Å². The molecule has 0 saturated heterocycles. The van der Waals surface area contributed by atoms with Gasteiger partial charge in [0.1, 0.15) is 0 Å². The van der Waals surface area contributed by atoms with E-state index in [9.17, 15) is 0 Å². The molecule has 0 fully saturated rings. The highest BCUT2D eigenvalue weighted by Crippen LogP contribution is 2.57. The van der Waals surface area contributed by atoms with Gasteiger partial charge in [-0.1, -0.05) is 329 Å². The van der Waals surface area contributed by atoms with Crippen molar-refractivity contribution in [2.24, 2.45) is 0 Å². The minimum absolute atomic E-state index is 0.193. The zero-order valence-electron chi connectivity index (χ0n) is 61.7. The van der Waals surface area contributed by atoms with Gasteiger partial charge in [-0.05, 0) is 193 Å². The smallest absolute Gasteiger partial charge is 0.252 e. The molecule has 19 rings (SSSR count). The molecule has 1 aromatic heterocycles. The minimum Gasteiger partial charge on any atom is -0.310 e. The summed E-state index contributed by atoms with van der Waals surface area (Å²) in [5, 5.41) is 9.81. The summed E-state index contributed by atoms with van der Waals surface area (Å²) in [4.78, 5) is 5.49. The average Bonchev–Trinajstić information content (AvgIpc) is 0.736. The van der Waals surface area contributed by atoms with Crippen LogP contribution < -0.4 is 26.2 Å². The molecule has 106 heavy (non-hydrogen) atoms. The maximum atomic E-state index is 2.75. The van der Waals surface area contributed by atoms with Crippen molar-refractivity contribution >= 4 is 111 Å². The van der Waals surface area contributed by atoms with Crippen LogP contribution in [0.15, 0.2) is 334 Å². The first-order valence-electron chi connectivity index (χ1n) is 37.6. The molecule has 0 bridgehead atoms. The van der Waals surface area contributed by atoms with Crippen LogP contribution in [0.1, 0.15) is 79.0 Å². The van der Waals surface area contributed by atoms with Crippen LogP contribution in [-0.4, -0.2) is 11.3 Å². The lowest BCUT2D eigenvalue weighted by Gasteiger charge is -2.47. The summed E-state index contributed by atoms with van der Waals surface area (Å²) in [5.74, 6) is 0. The second-order valence-corrected chi connectivity index (χ2v) is 32.3.